The molecule has 0 bridgehead atoms. The molecule has 1 aliphatic heterocycles. The van der Waals surface area contributed by atoms with E-state index in [2.05, 4.69) is 10.2 Å². The molecule has 1 heterocycles. The maximum atomic E-state index is 12.9. The van der Waals surface area contributed by atoms with Crippen LogP contribution in [0.1, 0.15) is 26.7 Å². The quantitative estimate of drug-likeness (QED) is 0.760. The summed E-state index contributed by atoms with van der Waals surface area (Å²) in [6.07, 6.45) is 1.50. The molecule has 0 aliphatic carbocycles. The smallest absolute Gasteiger partial charge is 0.238 e. The van der Waals surface area contributed by atoms with Crippen LogP contribution in [0.25, 0.3) is 0 Å². The molecule has 0 spiro atoms. The maximum Gasteiger partial charge on any atom is 0.238 e. The molecule has 7 heteroatoms. The Bertz CT molecular complexity index is 617. The minimum Gasteiger partial charge on any atom is -0.340 e. The van der Waals surface area contributed by atoms with Crippen molar-refractivity contribution in [1.29, 1.82) is 0 Å². The fourth-order valence-electron chi connectivity index (χ4n) is 3.33. The molecule has 2 rings (SSSR count). The number of piperazine rings is 1. The van der Waals surface area contributed by atoms with Gasteiger partial charge in [-0.3, -0.25) is 14.5 Å². The lowest BCUT2D eigenvalue weighted by molar-refractivity contribution is -0.144. The van der Waals surface area contributed by atoms with Gasteiger partial charge in [0.2, 0.25) is 11.8 Å². The Labute approximate surface area is 160 Å². The van der Waals surface area contributed by atoms with Crippen molar-refractivity contribution in [3.63, 3.8) is 0 Å². The van der Waals surface area contributed by atoms with Gasteiger partial charge < -0.3 is 16.0 Å². The summed E-state index contributed by atoms with van der Waals surface area (Å²) < 4.78 is 0. The van der Waals surface area contributed by atoms with E-state index in [4.69, 9.17) is 17.3 Å². The number of anilines is 1. The van der Waals surface area contributed by atoms with E-state index in [0.717, 1.165) is 12.8 Å². The highest BCUT2D eigenvalue weighted by atomic mass is 35.5. The third-order valence-electron chi connectivity index (χ3n) is 5.37. The average molecular weight is 381 g/mol. The second-order valence-corrected chi connectivity index (χ2v) is 7.20. The summed E-state index contributed by atoms with van der Waals surface area (Å²) >= 11 is 6.07. The fraction of sp³-hybridized carbons (Fsp3) is 0.579. The summed E-state index contributed by atoms with van der Waals surface area (Å²) in [5.41, 5.74) is 6.06. The summed E-state index contributed by atoms with van der Waals surface area (Å²) in [5.74, 6) is 0.0430. The van der Waals surface area contributed by atoms with Gasteiger partial charge in [0.1, 0.15) is 0 Å². The molecular formula is C19H29ClN4O2. The van der Waals surface area contributed by atoms with Crippen LogP contribution in [-0.2, 0) is 9.59 Å². The van der Waals surface area contributed by atoms with Crippen molar-refractivity contribution in [2.45, 2.75) is 26.7 Å². The number of carbonyl (C=O) groups excluding carboxylic acids is 2. The van der Waals surface area contributed by atoms with Gasteiger partial charge in [-0.15, -0.1) is 0 Å². The lowest BCUT2D eigenvalue weighted by Gasteiger charge is -2.40. The van der Waals surface area contributed by atoms with E-state index in [1.165, 1.54) is 0 Å². The van der Waals surface area contributed by atoms with Gasteiger partial charge >= 0.3 is 0 Å². The van der Waals surface area contributed by atoms with E-state index in [9.17, 15) is 9.59 Å². The van der Waals surface area contributed by atoms with Crippen LogP contribution in [0.2, 0.25) is 5.02 Å². The molecule has 1 aliphatic rings. The van der Waals surface area contributed by atoms with Crippen LogP contribution in [0.5, 0.6) is 0 Å². The van der Waals surface area contributed by atoms with Crippen molar-refractivity contribution in [1.82, 2.24) is 9.80 Å². The number of nitrogens with two attached hydrogens (primary N) is 1. The Morgan fingerprint density at radius 3 is 2.31 bits per heavy atom. The molecule has 0 radical (unpaired) electrons. The summed E-state index contributed by atoms with van der Waals surface area (Å²) in [6, 6.07) is 7.17. The molecule has 0 unspecified atom stereocenters. The normalized spacial score (nSPS) is 15.8. The van der Waals surface area contributed by atoms with Gasteiger partial charge in [0.25, 0.3) is 0 Å². The van der Waals surface area contributed by atoms with Crippen LogP contribution in [0.15, 0.2) is 24.3 Å². The minimum atomic E-state index is -0.455. The first-order valence-corrected chi connectivity index (χ1v) is 9.59. The first-order valence-electron chi connectivity index (χ1n) is 9.22. The second-order valence-electron chi connectivity index (χ2n) is 6.79. The molecule has 0 atom stereocenters. The number of nitrogens with one attached hydrogen (secondary N) is 1. The van der Waals surface area contributed by atoms with E-state index in [-0.39, 0.29) is 18.4 Å². The maximum absolute atomic E-state index is 12.9. The van der Waals surface area contributed by atoms with E-state index in [0.29, 0.717) is 43.4 Å². The van der Waals surface area contributed by atoms with Gasteiger partial charge in [-0.1, -0.05) is 37.6 Å². The largest absolute Gasteiger partial charge is 0.340 e. The molecule has 3 N–H and O–H groups in total. The van der Waals surface area contributed by atoms with Gasteiger partial charge in [0, 0.05) is 32.7 Å². The number of amides is 2. The van der Waals surface area contributed by atoms with Crippen LogP contribution in [0.3, 0.4) is 0 Å². The minimum absolute atomic E-state index is 0.101. The average Bonchev–Trinajstić information content (AvgIpc) is 2.66. The third kappa shape index (κ3) is 4.75. The number of benzene rings is 1. The monoisotopic (exact) mass is 380 g/mol. The molecule has 6 nitrogen and oxygen atoms in total. The van der Waals surface area contributed by atoms with E-state index < -0.39 is 5.41 Å². The van der Waals surface area contributed by atoms with Crippen molar-refractivity contribution in [3.05, 3.63) is 29.3 Å². The zero-order valence-corrected chi connectivity index (χ0v) is 16.4. The molecule has 26 heavy (non-hydrogen) atoms. The lowest BCUT2D eigenvalue weighted by atomic mass is 9.81. The molecule has 144 valence electrons. The van der Waals surface area contributed by atoms with Crippen molar-refractivity contribution in [3.8, 4) is 0 Å². The highest BCUT2D eigenvalue weighted by Crippen LogP contribution is 2.28. The van der Waals surface area contributed by atoms with Crippen molar-refractivity contribution < 1.29 is 9.59 Å². The van der Waals surface area contributed by atoms with Gasteiger partial charge in [-0.2, -0.15) is 0 Å². The first-order chi connectivity index (χ1) is 12.5. The molecular weight excluding hydrogens is 352 g/mol. The molecule has 1 fully saturated rings. The summed E-state index contributed by atoms with van der Waals surface area (Å²) in [5, 5.41) is 3.36. The number of hydrogen-bond acceptors (Lipinski definition) is 4. The Morgan fingerprint density at radius 2 is 1.77 bits per heavy atom. The standard InChI is InChI=1S/C19H29ClN4O2/c1-3-19(4-2,14-21)18(26)24-11-9-23(10-12-24)13-17(25)22-16-8-6-5-7-15(16)20/h5-8H,3-4,9-14,21H2,1-2H3,(H,22,25). The van der Waals surface area contributed by atoms with Crippen LogP contribution >= 0.6 is 11.6 Å². The number of para-hydroxylation sites is 1. The zero-order valence-electron chi connectivity index (χ0n) is 15.6. The van der Waals surface area contributed by atoms with Crippen LogP contribution in [-0.4, -0.2) is 60.9 Å². The Kier molecular flexibility index (Phi) is 7.43. The predicted octanol–water partition coefficient (Wildman–Crippen LogP) is 2.19. The van der Waals surface area contributed by atoms with Crippen LogP contribution in [0, 0.1) is 5.41 Å². The highest BCUT2D eigenvalue weighted by Gasteiger charge is 2.37. The Morgan fingerprint density at radius 1 is 1.15 bits per heavy atom. The number of carbonyl (C=O) groups is 2. The zero-order chi connectivity index (χ0) is 19.2. The molecule has 1 saturated heterocycles. The molecule has 1 aromatic rings. The van der Waals surface area contributed by atoms with E-state index >= 15 is 0 Å². The Hall–Kier alpha value is -1.63. The van der Waals surface area contributed by atoms with E-state index in [1.54, 1.807) is 12.1 Å². The molecule has 0 saturated carbocycles. The predicted molar refractivity (Wildman–Crippen MR) is 105 cm³/mol. The van der Waals surface area contributed by atoms with E-state index in [1.807, 2.05) is 30.9 Å². The van der Waals surface area contributed by atoms with Gasteiger partial charge in [0.15, 0.2) is 0 Å². The third-order valence-corrected chi connectivity index (χ3v) is 5.70. The van der Waals surface area contributed by atoms with Crippen molar-refractivity contribution in [2.75, 3.05) is 44.6 Å². The van der Waals surface area contributed by atoms with Crippen LogP contribution < -0.4 is 11.1 Å². The highest BCUT2D eigenvalue weighted by molar-refractivity contribution is 6.33. The van der Waals surface area contributed by atoms with Gasteiger partial charge in [-0.25, -0.2) is 0 Å². The molecule has 0 aromatic heterocycles. The summed E-state index contributed by atoms with van der Waals surface area (Å²) in [6.45, 7) is 7.30. The van der Waals surface area contributed by atoms with Crippen LogP contribution in [0.4, 0.5) is 5.69 Å². The molecule has 2 amide bonds. The number of rotatable bonds is 7. The summed E-state index contributed by atoms with van der Waals surface area (Å²) in [4.78, 5) is 29.0. The first kappa shape index (κ1) is 20.7. The lowest BCUT2D eigenvalue weighted by Crippen LogP contribution is -2.55. The topological polar surface area (TPSA) is 78.7 Å². The fourth-order valence-corrected chi connectivity index (χ4v) is 3.51. The molecule has 1 aromatic carbocycles. The van der Waals surface area contributed by atoms with Crippen molar-refractivity contribution >= 4 is 29.1 Å². The van der Waals surface area contributed by atoms with Gasteiger partial charge in [0.05, 0.1) is 22.7 Å². The number of nitrogens with zero attached hydrogens (tertiary/aromatic N) is 2. The van der Waals surface area contributed by atoms with Crippen molar-refractivity contribution in [2.24, 2.45) is 11.1 Å². The SMILES string of the molecule is CCC(CC)(CN)C(=O)N1CCN(CC(=O)Nc2ccccc2Cl)CC1. The second kappa shape index (κ2) is 9.35. The number of halogens is 1. The number of hydrogen-bond donors (Lipinski definition) is 2. The summed E-state index contributed by atoms with van der Waals surface area (Å²) in [7, 11) is 0. The Balaban J connectivity index is 1.85. The van der Waals surface area contributed by atoms with Gasteiger partial charge in [-0.05, 0) is 25.0 Å².